The van der Waals surface area contributed by atoms with Crippen LogP contribution in [0, 0.1) is 11.6 Å². The Kier molecular flexibility index (Phi) is 8.44. The number of imidazole rings is 1. The van der Waals surface area contributed by atoms with Gasteiger partial charge in [-0.3, -0.25) is 14.5 Å². The predicted molar refractivity (Wildman–Crippen MR) is 134 cm³/mol. The third-order valence-corrected chi connectivity index (χ3v) is 4.95. The maximum absolute atomic E-state index is 12.8. The number of benzene rings is 2. The molecule has 0 bridgehead atoms. The first-order chi connectivity index (χ1) is 17.5. The van der Waals surface area contributed by atoms with Gasteiger partial charge in [0, 0.05) is 25.5 Å². The van der Waals surface area contributed by atoms with Crippen LogP contribution in [0.15, 0.2) is 92.0 Å². The summed E-state index contributed by atoms with van der Waals surface area (Å²) in [6, 6.07) is 12.6. The molecular formula is C25H21ClF2N8. The highest BCUT2D eigenvalue weighted by Crippen LogP contribution is 2.11. The van der Waals surface area contributed by atoms with Gasteiger partial charge in [0.15, 0.2) is 5.82 Å². The van der Waals surface area contributed by atoms with E-state index in [1.807, 2.05) is 0 Å². The van der Waals surface area contributed by atoms with Crippen molar-refractivity contribution < 1.29 is 8.78 Å². The van der Waals surface area contributed by atoms with E-state index in [4.69, 9.17) is 11.6 Å². The number of rotatable bonds is 7. The molecule has 0 aliphatic carbocycles. The Morgan fingerprint density at radius 2 is 1.25 bits per heavy atom. The summed E-state index contributed by atoms with van der Waals surface area (Å²) in [6.07, 6.45) is 11.5. The first kappa shape index (κ1) is 24.7. The molecule has 5 rings (SSSR count). The molecule has 0 atom stereocenters. The molecule has 0 fully saturated rings. The van der Waals surface area contributed by atoms with Crippen molar-refractivity contribution >= 4 is 23.2 Å². The topological polar surface area (TPSA) is 93.4 Å². The highest BCUT2D eigenvalue weighted by atomic mass is 35.5. The lowest BCUT2D eigenvalue weighted by molar-refractivity contribution is 0.626. The second-order valence-electron chi connectivity index (χ2n) is 7.42. The molecule has 2 aromatic carbocycles. The van der Waals surface area contributed by atoms with Crippen LogP contribution in [0.1, 0.15) is 11.1 Å². The van der Waals surface area contributed by atoms with Gasteiger partial charge in [-0.25, -0.2) is 23.7 Å². The lowest BCUT2D eigenvalue weighted by Gasteiger charge is -2.07. The molecule has 0 unspecified atom stereocenters. The fraction of sp³-hybridized carbons (Fsp3) is 0.0800. The second-order valence-corrected chi connectivity index (χ2v) is 7.81. The Hall–Kier alpha value is -4.44. The van der Waals surface area contributed by atoms with Crippen LogP contribution in [0.25, 0.3) is 5.82 Å². The third-order valence-electron chi connectivity index (χ3n) is 4.77. The van der Waals surface area contributed by atoms with Crippen LogP contribution in [0.4, 0.5) is 20.4 Å². The molecular weight excluding hydrogens is 486 g/mol. The molecule has 3 heterocycles. The van der Waals surface area contributed by atoms with Crippen LogP contribution in [-0.2, 0) is 13.1 Å². The third kappa shape index (κ3) is 7.54. The van der Waals surface area contributed by atoms with E-state index in [2.05, 4.69) is 35.6 Å². The fourth-order valence-corrected chi connectivity index (χ4v) is 3.12. The van der Waals surface area contributed by atoms with Crippen molar-refractivity contribution in [2.24, 2.45) is 0 Å². The van der Waals surface area contributed by atoms with Gasteiger partial charge in [0.1, 0.15) is 34.8 Å². The average Bonchev–Trinajstić information content (AvgIpc) is 3.44. The standard InChI is InChI=1S/C14H12FN5.C11H9ClFN3/c15-12-3-1-11(2-4-12)7-18-13-8-17-9-14(19-13)20-6-5-16-10-20;12-10-6-14-7-11(16-10)15-5-8-1-3-9(13)4-2-8/h1-6,8-10H,7H2,(H,18,19);1-4,6-7H,5H2,(H,15,16). The molecule has 0 spiro atoms. The summed E-state index contributed by atoms with van der Waals surface area (Å²) >= 11 is 5.68. The SMILES string of the molecule is Fc1ccc(CNc2cncc(-n3ccnc3)n2)cc1.Fc1ccc(CNc2cncc(Cl)n2)cc1. The Bertz CT molecular complexity index is 1360. The summed E-state index contributed by atoms with van der Waals surface area (Å²) in [5.41, 5.74) is 1.93. The zero-order chi connectivity index (χ0) is 25.2. The van der Waals surface area contributed by atoms with Crippen molar-refractivity contribution in [1.82, 2.24) is 29.5 Å². The Morgan fingerprint density at radius 3 is 1.78 bits per heavy atom. The summed E-state index contributed by atoms with van der Waals surface area (Å²) in [4.78, 5) is 20.4. The lowest BCUT2D eigenvalue weighted by Crippen LogP contribution is -2.04. The van der Waals surface area contributed by atoms with E-state index >= 15 is 0 Å². The minimum atomic E-state index is -0.244. The van der Waals surface area contributed by atoms with Crippen LogP contribution in [0.3, 0.4) is 0 Å². The molecule has 0 aliphatic heterocycles. The van der Waals surface area contributed by atoms with Crippen molar-refractivity contribution in [3.63, 3.8) is 0 Å². The maximum Gasteiger partial charge on any atom is 0.158 e. The van der Waals surface area contributed by atoms with Gasteiger partial charge >= 0.3 is 0 Å². The summed E-state index contributed by atoms with van der Waals surface area (Å²) in [5, 5.41) is 6.53. The van der Waals surface area contributed by atoms with Crippen molar-refractivity contribution in [1.29, 1.82) is 0 Å². The van der Waals surface area contributed by atoms with Crippen molar-refractivity contribution in [3.05, 3.63) is 120 Å². The van der Waals surface area contributed by atoms with Gasteiger partial charge in [0.25, 0.3) is 0 Å². The summed E-state index contributed by atoms with van der Waals surface area (Å²) in [7, 11) is 0. The summed E-state index contributed by atoms with van der Waals surface area (Å²) < 4.78 is 27.2. The monoisotopic (exact) mass is 506 g/mol. The molecule has 0 radical (unpaired) electrons. The maximum atomic E-state index is 12.8. The quantitative estimate of drug-likeness (QED) is 0.309. The molecule has 182 valence electrons. The van der Waals surface area contributed by atoms with Gasteiger partial charge in [0.05, 0.1) is 24.8 Å². The summed E-state index contributed by atoms with van der Waals surface area (Å²) in [6.45, 7) is 1.11. The van der Waals surface area contributed by atoms with Gasteiger partial charge in [-0.15, -0.1) is 0 Å². The van der Waals surface area contributed by atoms with Crippen LogP contribution in [0.2, 0.25) is 5.15 Å². The van der Waals surface area contributed by atoms with Crippen LogP contribution >= 0.6 is 11.6 Å². The van der Waals surface area contributed by atoms with Crippen LogP contribution < -0.4 is 10.6 Å². The van der Waals surface area contributed by atoms with Gasteiger partial charge in [-0.2, -0.15) is 0 Å². The molecule has 0 saturated heterocycles. The number of nitrogens with zero attached hydrogens (tertiary/aromatic N) is 6. The Morgan fingerprint density at radius 1 is 0.694 bits per heavy atom. The molecule has 36 heavy (non-hydrogen) atoms. The first-order valence-corrected chi connectivity index (χ1v) is 11.2. The van der Waals surface area contributed by atoms with Gasteiger partial charge in [-0.1, -0.05) is 35.9 Å². The lowest BCUT2D eigenvalue weighted by atomic mass is 10.2. The molecule has 0 aliphatic rings. The Labute approximate surface area is 211 Å². The van der Waals surface area contributed by atoms with Gasteiger partial charge < -0.3 is 10.6 Å². The number of aromatic nitrogens is 6. The number of anilines is 2. The largest absolute Gasteiger partial charge is 0.365 e. The molecule has 5 aromatic rings. The second kappa shape index (κ2) is 12.3. The van der Waals surface area contributed by atoms with E-state index < -0.39 is 0 Å². The fourth-order valence-electron chi connectivity index (χ4n) is 2.98. The predicted octanol–water partition coefficient (Wildman–Crippen LogP) is 5.29. The van der Waals surface area contributed by atoms with E-state index in [1.165, 1.54) is 30.5 Å². The highest BCUT2D eigenvalue weighted by Gasteiger charge is 2.01. The zero-order valence-electron chi connectivity index (χ0n) is 18.9. The summed E-state index contributed by atoms with van der Waals surface area (Å²) in [5.74, 6) is 1.45. The molecule has 11 heteroatoms. The van der Waals surface area contributed by atoms with Crippen molar-refractivity contribution in [2.75, 3.05) is 10.6 Å². The highest BCUT2D eigenvalue weighted by molar-refractivity contribution is 6.29. The Balaban J connectivity index is 0.000000174. The smallest absolute Gasteiger partial charge is 0.158 e. The van der Waals surface area contributed by atoms with E-state index in [1.54, 1.807) is 66.1 Å². The van der Waals surface area contributed by atoms with Crippen molar-refractivity contribution in [2.45, 2.75) is 13.1 Å². The van der Waals surface area contributed by atoms with E-state index in [0.29, 0.717) is 35.7 Å². The van der Waals surface area contributed by atoms with Crippen LogP contribution in [0.5, 0.6) is 0 Å². The van der Waals surface area contributed by atoms with Gasteiger partial charge in [0.2, 0.25) is 0 Å². The van der Waals surface area contributed by atoms with E-state index in [-0.39, 0.29) is 11.6 Å². The molecule has 8 nitrogen and oxygen atoms in total. The van der Waals surface area contributed by atoms with Crippen molar-refractivity contribution in [3.8, 4) is 5.82 Å². The van der Waals surface area contributed by atoms with E-state index in [9.17, 15) is 8.78 Å². The number of hydrogen-bond donors (Lipinski definition) is 2. The molecule has 0 saturated carbocycles. The number of nitrogens with one attached hydrogen (secondary N) is 2. The first-order valence-electron chi connectivity index (χ1n) is 10.8. The number of hydrogen-bond acceptors (Lipinski definition) is 7. The molecule has 0 amide bonds. The molecule has 3 aromatic heterocycles. The van der Waals surface area contributed by atoms with Crippen LogP contribution in [-0.4, -0.2) is 29.5 Å². The molecule has 2 N–H and O–H groups in total. The minimum Gasteiger partial charge on any atom is -0.365 e. The number of halogens is 3. The van der Waals surface area contributed by atoms with Gasteiger partial charge in [-0.05, 0) is 35.4 Å². The minimum absolute atomic E-state index is 0.240. The average molecular weight is 507 g/mol. The normalized spacial score (nSPS) is 10.3. The van der Waals surface area contributed by atoms with E-state index in [0.717, 1.165) is 11.1 Å². The zero-order valence-corrected chi connectivity index (χ0v) is 19.6.